The van der Waals surface area contributed by atoms with Gasteiger partial charge < -0.3 is 14.0 Å². The summed E-state index contributed by atoms with van der Waals surface area (Å²) in [6.07, 6.45) is 9.42. The average Bonchev–Trinajstić information content (AvgIpc) is 2.93. The van der Waals surface area contributed by atoms with E-state index in [4.69, 9.17) is 8.85 Å². The van der Waals surface area contributed by atoms with Gasteiger partial charge in [-0.05, 0) is 102 Å². The third-order valence-corrected chi connectivity index (χ3v) is 19.1. The highest BCUT2D eigenvalue weighted by molar-refractivity contribution is 6.74. The van der Waals surface area contributed by atoms with E-state index in [2.05, 4.69) is 123 Å². The Bertz CT molecular complexity index is 1240. The van der Waals surface area contributed by atoms with Gasteiger partial charge in [0.25, 0.3) is 0 Å². The van der Waals surface area contributed by atoms with E-state index in [1.54, 1.807) is 0 Å². The van der Waals surface area contributed by atoms with Crippen LogP contribution in [0.15, 0.2) is 60.7 Å². The van der Waals surface area contributed by atoms with Gasteiger partial charge in [-0.25, -0.2) is 0 Å². The minimum Gasteiger partial charge on any atom is -0.413 e. The Hall–Kier alpha value is -1.77. The van der Waals surface area contributed by atoms with Crippen LogP contribution in [0.4, 0.5) is 0 Å². The second kappa shape index (κ2) is 15.0. The Kier molecular flexibility index (Phi) is 13.1. The zero-order chi connectivity index (χ0) is 32.7. The van der Waals surface area contributed by atoms with Crippen LogP contribution in [-0.4, -0.2) is 27.3 Å². The first-order valence-electron chi connectivity index (χ1n) is 16.3. The minimum atomic E-state index is -1.89. The van der Waals surface area contributed by atoms with E-state index in [1.807, 2.05) is 26.0 Å². The lowest BCUT2D eigenvalue weighted by molar-refractivity contribution is 0.0828. The van der Waals surface area contributed by atoms with Gasteiger partial charge in [0.1, 0.15) is 0 Å². The van der Waals surface area contributed by atoms with Gasteiger partial charge >= 0.3 is 0 Å². The van der Waals surface area contributed by atoms with Crippen molar-refractivity contribution in [3.63, 3.8) is 0 Å². The first kappa shape index (κ1) is 37.4. The number of benzene rings is 2. The van der Waals surface area contributed by atoms with Crippen molar-refractivity contribution in [2.24, 2.45) is 0 Å². The fourth-order valence-corrected chi connectivity index (χ4v) is 6.17. The number of hydrogen-bond acceptors (Lipinski definition) is 3. The van der Waals surface area contributed by atoms with Crippen LogP contribution >= 0.6 is 0 Å². The van der Waals surface area contributed by atoms with Crippen LogP contribution in [-0.2, 0) is 34.9 Å². The third kappa shape index (κ3) is 11.0. The van der Waals surface area contributed by atoms with Crippen molar-refractivity contribution in [1.82, 2.24) is 0 Å². The molecule has 0 unspecified atom stereocenters. The van der Waals surface area contributed by atoms with E-state index in [0.29, 0.717) is 13.2 Å². The van der Waals surface area contributed by atoms with Gasteiger partial charge in [0.15, 0.2) is 16.6 Å². The second-order valence-corrected chi connectivity index (χ2v) is 25.0. The first-order chi connectivity index (χ1) is 19.7. The van der Waals surface area contributed by atoms with Crippen LogP contribution in [0.1, 0.15) is 103 Å². The summed E-state index contributed by atoms with van der Waals surface area (Å²) >= 11 is 0. The molecule has 0 saturated carbocycles. The molecular weight excluding hydrogens is 561 g/mol. The van der Waals surface area contributed by atoms with E-state index < -0.39 is 22.2 Å². The molecule has 240 valence electrons. The Labute approximate surface area is 267 Å². The summed E-state index contributed by atoms with van der Waals surface area (Å²) in [4.78, 5) is 0. The number of aliphatic hydroxyl groups is 1. The van der Waals surface area contributed by atoms with Crippen LogP contribution in [0.2, 0.25) is 36.3 Å². The van der Waals surface area contributed by atoms with Gasteiger partial charge in [-0.15, -0.1) is 0 Å². The third-order valence-electron chi connectivity index (χ3n) is 10.1. The molecule has 0 fully saturated rings. The Morgan fingerprint density at radius 3 is 1.77 bits per heavy atom. The summed E-state index contributed by atoms with van der Waals surface area (Å²) in [7, 11) is -3.75. The highest BCUT2D eigenvalue weighted by Gasteiger charge is 2.38. The number of hydrogen-bond donors (Lipinski definition) is 1. The molecule has 0 radical (unpaired) electrons. The second-order valence-electron chi connectivity index (χ2n) is 15.4. The Morgan fingerprint density at radius 1 is 0.744 bits per heavy atom. The molecule has 2 aromatic carbocycles. The molecule has 0 bridgehead atoms. The number of aryl methyl sites for hydroxylation is 2. The molecule has 0 atom stereocenters. The van der Waals surface area contributed by atoms with Crippen molar-refractivity contribution in [1.29, 1.82) is 0 Å². The number of rotatable bonds is 14. The quantitative estimate of drug-likeness (QED) is 0.168. The first-order valence-corrected chi connectivity index (χ1v) is 22.1. The molecule has 2 aromatic rings. The lowest BCUT2D eigenvalue weighted by Gasteiger charge is -2.37. The summed E-state index contributed by atoms with van der Waals surface area (Å²) in [6, 6.07) is 15.8. The molecule has 0 heterocycles. The molecule has 0 aromatic heterocycles. The van der Waals surface area contributed by atoms with Crippen molar-refractivity contribution in [2.75, 3.05) is 0 Å². The maximum Gasteiger partial charge on any atom is 0.192 e. The summed E-state index contributed by atoms with van der Waals surface area (Å²) in [5.41, 5.74) is 6.88. The van der Waals surface area contributed by atoms with Crippen molar-refractivity contribution in [3.05, 3.63) is 88.5 Å². The molecule has 43 heavy (non-hydrogen) atoms. The lowest BCUT2D eigenvalue weighted by Crippen LogP contribution is -2.41. The van der Waals surface area contributed by atoms with Crippen LogP contribution in [0.5, 0.6) is 0 Å². The molecule has 0 spiro atoms. The maximum absolute atomic E-state index is 10.6. The molecule has 2 rings (SSSR count). The minimum absolute atomic E-state index is 0.170. The number of allylic oxidation sites excluding steroid dienone is 3. The Morgan fingerprint density at radius 2 is 1.26 bits per heavy atom. The van der Waals surface area contributed by atoms with Crippen LogP contribution in [0.25, 0.3) is 5.57 Å². The van der Waals surface area contributed by atoms with Gasteiger partial charge in [-0.2, -0.15) is 0 Å². The topological polar surface area (TPSA) is 38.7 Å². The monoisotopic (exact) mass is 622 g/mol. The van der Waals surface area contributed by atoms with Gasteiger partial charge in [0.05, 0.1) is 18.8 Å². The van der Waals surface area contributed by atoms with E-state index in [-0.39, 0.29) is 10.1 Å². The average molecular weight is 623 g/mol. The van der Waals surface area contributed by atoms with E-state index in [1.165, 1.54) is 33.4 Å². The van der Waals surface area contributed by atoms with Crippen molar-refractivity contribution in [2.45, 2.75) is 143 Å². The zero-order valence-electron chi connectivity index (χ0n) is 29.8. The maximum atomic E-state index is 10.6. The predicted molar refractivity (Wildman–Crippen MR) is 193 cm³/mol. The van der Waals surface area contributed by atoms with Gasteiger partial charge in [0.2, 0.25) is 0 Å². The summed E-state index contributed by atoms with van der Waals surface area (Å²) < 4.78 is 13.4. The molecule has 0 aliphatic carbocycles. The summed E-state index contributed by atoms with van der Waals surface area (Å²) in [5.74, 6) is 0. The van der Waals surface area contributed by atoms with E-state index in [9.17, 15) is 5.11 Å². The smallest absolute Gasteiger partial charge is 0.192 e. The summed E-state index contributed by atoms with van der Waals surface area (Å²) in [6.45, 7) is 30.6. The Balaban J connectivity index is 2.25. The van der Waals surface area contributed by atoms with Crippen molar-refractivity contribution < 1.29 is 14.0 Å². The SMILES string of the molecule is CCC(O)(C=CC=C(C)c1cccc(CCc2ccc(CO[Si](C)(C)C(C)(C)C)c(CO[Si](C)(C)C(C)(C)C)c2)c1)CC. The van der Waals surface area contributed by atoms with Crippen molar-refractivity contribution >= 4 is 22.2 Å². The fraction of sp³-hybridized carbons (Fsp3) is 0.579. The highest BCUT2D eigenvalue weighted by Crippen LogP contribution is 2.39. The lowest BCUT2D eigenvalue weighted by atomic mass is 9.96. The van der Waals surface area contributed by atoms with Gasteiger partial charge in [-0.1, -0.05) is 116 Å². The highest BCUT2D eigenvalue weighted by atomic mass is 28.4. The largest absolute Gasteiger partial charge is 0.413 e. The van der Waals surface area contributed by atoms with Crippen LogP contribution in [0, 0.1) is 0 Å². The van der Waals surface area contributed by atoms with E-state index in [0.717, 1.165) is 25.7 Å². The van der Waals surface area contributed by atoms with Gasteiger partial charge in [-0.3, -0.25) is 0 Å². The van der Waals surface area contributed by atoms with E-state index >= 15 is 0 Å². The van der Waals surface area contributed by atoms with Crippen LogP contribution < -0.4 is 0 Å². The molecule has 0 saturated heterocycles. The molecule has 0 amide bonds. The molecule has 0 aliphatic heterocycles. The van der Waals surface area contributed by atoms with Crippen LogP contribution in [0.3, 0.4) is 0 Å². The zero-order valence-corrected chi connectivity index (χ0v) is 31.8. The summed E-state index contributed by atoms with van der Waals surface area (Å²) in [5, 5.41) is 10.9. The molecule has 0 aliphatic rings. The standard InChI is InChI=1S/C38H62O3Si2/c1-14-38(39,15-2)25-17-18-30(3)33-20-16-19-31(26-33)21-22-32-23-24-34(28-40-42(10,11)36(4,5)6)35(27-32)29-41-43(12,13)37(7,8)9/h16-20,23-27,39H,14-15,21-22,28-29H2,1-13H3. The molecule has 3 nitrogen and oxygen atoms in total. The predicted octanol–water partition coefficient (Wildman–Crippen LogP) is 11.0. The normalized spacial score (nSPS) is 14.1. The fourth-order valence-electron chi connectivity index (χ4n) is 4.27. The molecular formula is C38H62O3Si2. The van der Waals surface area contributed by atoms with Crippen molar-refractivity contribution in [3.8, 4) is 0 Å². The van der Waals surface area contributed by atoms with Gasteiger partial charge in [0, 0.05) is 0 Å². The molecule has 1 N–H and O–H groups in total. The molecule has 5 heteroatoms.